The quantitative estimate of drug-likeness (QED) is 0.771. The smallest absolute Gasteiger partial charge is 0.245 e. The number of nitrogens with one attached hydrogen (secondary N) is 1. The van der Waals surface area contributed by atoms with Crippen molar-refractivity contribution in [2.45, 2.75) is 51.2 Å². The van der Waals surface area contributed by atoms with E-state index in [1.54, 1.807) is 11.8 Å². The lowest BCUT2D eigenvalue weighted by Crippen LogP contribution is -2.65. The molecule has 2 heterocycles. The molecule has 2 fully saturated rings. The van der Waals surface area contributed by atoms with E-state index in [1.165, 1.54) is 0 Å². The average Bonchev–Trinajstić information content (AvgIpc) is 2.35. The summed E-state index contributed by atoms with van der Waals surface area (Å²) in [7, 11) is -0.746. The number of nitrogens with zero attached hydrogens (tertiary/aromatic N) is 1. The first-order valence-corrected chi connectivity index (χ1v) is 8.01. The van der Waals surface area contributed by atoms with Gasteiger partial charge in [-0.25, -0.2) is 0 Å². The Morgan fingerprint density at radius 3 is 2.50 bits per heavy atom. The number of amides is 2. The monoisotopic (exact) mass is 272 g/mol. The van der Waals surface area contributed by atoms with Gasteiger partial charge >= 0.3 is 0 Å². The maximum Gasteiger partial charge on any atom is 0.245 e. The molecule has 102 valence electrons. The number of rotatable bonds is 2. The summed E-state index contributed by atoms with van der Waals surface area (Å²) in [6, 6.07) is -0.716. The van der Waals surface area contributed by atoms with Crippen molar-refractivity contribution in [3.8, 4) is 0 Å². The van der Waals surface area contributed by atoms with Crippen molar-refractivity contribution in [3.05, 3.63) is 0 Å². The molecule has 2 amide bonds. The molecule has 0 aromatic heterocycles. The summed E-state index contributed by atoms with van der Waals surface area (Å²) < 4.78 is 11.4. The van der Waals surface area contributed by atoms with Crippen LogP contribution in [0.4, 0.5) is 0 Å². The van der Waals surface area contributed by atoms with Crippen molar-refractivity contribution in [3.63, 3.8) is 0 Å². The third-order valence-corrected chi connectivity index (χ3v) is 5.14. The number of hydrogen-bond acceptors (Lipinski definition) is 3. The molecule has 0 aliphatic carbocycles. The zero-order valence-electron chi connectivity index (χ0n) is 10.8. The van der Waals surface area contributed by atoms with Gasteiger partial charge in [-0.1, -0.05) is 6.92 Å². The van der Waals surface area contributed by atoms with Gasteiger partial charge in [-0.2, -0.15) is 0 Å². The van der Waals surface area contributed by atoms with Crippen LogP contribution in [-0.4, -0.2) is 50.6 Å². The lowest BCUT2D eigenvalue weighted by Gasteiger charge is -2.43. The first-order valence-electron chi connectivity index (χ1n) is 6.52. The number of carbonyl (C=O) groups excluding carboxylic acids is 2. The van der Waals surface area contributed by atoms with Gasteiger partial charge in [-0.05, 0) is 26.2 Å². The van der Waals surface area contributed by atoms with Gasteiger partial charge in [-0.15, -0.1) is 0 Å². The second-order valence-electron chi connectivity index (χ2n) is 4.98. The van der Waals surface area contributed by atoms with Gasteiger partial charge in [0.15, 0.2) is 0 Å². The number of piperazine rings is 1. The number of hydrogen-bond donors (Lipinski definition) is 1. The van der Waals surface area contributed by atoms with Crippen molar-refractivity contribution in [2.24, 2.45) is 0 Å². The molecule has 0 aromatic rings. The van der Waals surface area contributed by atoms with E-state index in [0.29, 0.717) is 17.9 Å². The van der Waals surface area contributed by atoms with Crippen LogP contribution in [0.1, 0.15) is 33.1 Å². The maximum absolute atomic E-state index is 12.3. The fourth-order valence-corrected chi connectivity index (χ4v) is 4.02. The third kappa shape index (κ3) is 2.43. The second kappa shape index (κ2) is 5.38. The lowest BCUT2D eigenvalue weighted by molar-refractivity contribution is -0.152. The summed E-state index contributed by atoms with van der Waals surface area (Å²) in [4.78, 5) is 25.9. The third-order valence-electron chi connectivity index (χ3n) is 3.76. The highest BCUT2D eigenvalue weighted by Crippen LogP contribution is 2.23. The van der Waals surface area contributed by atoms with E-state index in [1.807, 2.05) is 6.92 Å². The van der Waals surface area contributed by atoms with Crippen molar-refractivity contribution >= 4 is 22.6 Å². The summed E-state index contributed by atoms with van der Waals surface area (Å²) >= 11 is 0. The van der Waals surface area contributed by atoms with Crippen molar-refractivity contribution in [2.75, 3.05) is 11.5 Å². The molecule has 2 aliphatic rings. The minimum atomic E-state index is -0.746. The molecule has 0 spiro atoms. The Balaban J connectivity index is 2.18. The molecular weight excluding hydrogens is 252 g/mol. The normalized spacial score (nSPS) is 37.6. The number of carbonyl (C=O) groups is 2. The van der Waals surface area contributed by atoms with Crippen LogP contribution >= 0.6 is 0 Å². The zero-order valence-corrected chi connectivity index (χ0v) is 11.7. The van der Waals surface area contributed by atoms with Crippen LogP contribution in [0.5, 0.6) is 0 Å². The first kappa shape index (κ1) is 13.5. The maximum atomic E-state index is 12.3. The van der Waals surface area contributed by atoms with E-state index in [9.17, 15) is 13.8 Å². The highest BCUT2D eigenvalue weighted by Gasteiger charge is 2.41. The van der Waals surface area contributed by atoms with Crippen LogP contribution in [-0.2, 0) is 20.4 Å². The molecule has 2 aliphatic heterocycles. The summed E-state index contributed by atoms with van der Waals surface area (Å²) in [5.41, 5.74) is 0. The van der Waals surface area contributed by atoms with Gasteiger partial charge in [0.2, 0.25) is 11.8 Å². The Hall–Kier alpha value is -0.910. The van der Waals surface area contributed by atoms with E-state index < -0.39 is 16.8 Å². The van der Waals surface area contributed by atoms with E-state index in [4.69, 9.17) is 0 Å². The van der Waals surface area contributed by atoms with Crippen LogP contribution in [0, 0.1) is 0 Å². The molecule has 2 atom stereocenters. The van der Waals surface area contributed by atoms with Gasteiger partial charge in [0.05, 0.1) is 0 Å². The molecule has 2 saturated heterocycles. The van der Waals surface area contributed by atoms with E-state index in [2.05, 4.69) is 5.32 Å². The largest absolute Gasteiger partial charge is 0.343 e. The fraction of sp³-hybridized carbons (Fsp3) is 0.833. The average molecular weight is 272 g/mol. The first-order chi connectivity index (χ1) is 8.54. The molecule has 1 N–H and O–H groups in total. The molecule has 0 radical (unpaired) electrons. The lowest BCUT2D eigenvalue weighted by atomic mass is 9.99. The van der Waals surface area contributed by atoms with Gasteiger partial charge in [0, 0.05) is 28.3 Å². The van der Waals surface area contributed by atoms with E-state index in [-0.39, 0.29) is 23.9 Å². The predicted octanol–water partition coefficient (Wildman–Crippen LogP) is 0.0230. The molecule has 18 heavy (non-hydrogen) atoms. The molecular formula is C12H20N2O3S. The molecule has 0 bridgehead atoms. The Morgan fingerprint density at radius 1 is 1.33 bits per heavy atom. The van der Waals surface area contributed by atoms with Crippen LogP contribution in [0.3, 0.4) is 0 Å². The van der Waals surface area contributed by atoms with E-state index >= 15 is 0 Å². The molecule has 2 rings (SSSR count). The van der Waals surface area contributed by atoms with E-state index in [0.717, 1.165) is 12.8 Å². The Labute approximate surface area is 110 Å². The summed E-state index contributed by atoms with van der Waals surface area (Å²) in [5, 5.41) is 2.72. The Bertz CT molecular complexity index is 376. The minimum absolute atomic E-state index is 0.000803. The highest BCUT2D eigenvalue weighted by molar-refractivity contribution is 7.85. The standard InChI is InChI=1S/C12H20N2O3S/c1-3-10-11(15)13-8(2)12(16)14(10)9-4-6-18(17)7-5-9/h8-10H,3-7H2,1-2H3,(H,13,15). The van der Waals surface area contributed by atoms with Crippen LogP contribution < -0.4 is 5.32 Å². The molecule has 2 unspecified atom stereocenters. The van der Waals surface area contributed by atoms with Crippen molar-refractivity contribution in [1.29, 1.82) is 0 Å². The molecule has 6 heteroatoms. The fourth-order valence-electron chi connectivity index (χ4n) is 2.75. The summed E-state index contributed by atoms with van der Waals surface area (Å²) in [5.74, 6) is 1.22. The SMILES string of the molecule is CCC1C(=O)NC(C)C(=O)N1C1CCS(=O)CC1. The summed E-state index contributed by atoms with van der Waals surface area (Å²) in [6.07, 6.45) is 2.12. The van der Waals surface area contributed by atoms with Crippen LogP contribution in [0.2, 0.25) is 0 Å². The predicted molar refractivity (Wildman–Crippen MR) is 69.4 cm³/mol. The highest BCUT2D eigenvalue weighted by atomic mass is 32.2. The van der Waals surface area contributed by atoms with Gasteiger partial charge < -0.3 is 10.2 Å². The van der Waals surface area contributed by atoms with Crippen molar-refractivity contribution < 1.29 is 13.8 Å². The van der Waals surface area contributed by atoms with Gasteiger partial charge in [-0.3, -0.25) is 13.8 Å². The Kier molecular flexibility index (Phi) is 4.04. The topological polar surface area (TPSA) is 66.5 Å². The molecule has 0 saturated carbocycles. The van der Waals surface area contributed by atoms with Crippen LogP contribution in [0.15, 0.2) is 0 Å². The Morgan fingerprint density at radius 2 is 1.94 bits per heavy atom. The molecule has 0 aromatic carbocycles. The second-order valence-corrected chi connectivity index (χ2v) is 6.68. The zero-order chi connectivity index (χ0) is 13.3. The van der Waals surface area contributed by atoms with Gasteiger partial charge in [0.1, 0.15) is 12.1 Å². The van der Waals surface area contributed by atoms with Crippen LogP contribution in [0.25, 0.3) is 0 Å². The van der Waals surface area contributed by atoms with Crippen molar-refractivity contribution in [1.82, 2.24) is 10.2 Å². The summed E-state index contributed by atoms with van der Waals surface area (Å²) in [6.45, 7) is 3.64. The molecule has 5 nitrogen and oxygen atoms in total. The minimum Gasteiger partial charge on any atom is -0.343 e. The van der Waals surface area contributed by atoms with Gasteiger partial charge in [0.25, 0.3) is 0 Å².